The van der Waals surface area contributed by atoms with Crippen LogP contribution in [0.4, 0.5) is 0 Å². The fraction of sp³-hybridized carbons (Fsp3) is 0.0392. The molecule has 0 saturated carbocycles. The van der Waals surface area contributed by atoms with Crippen LogP contribution in [-0.2, 0) is 6.54 Å². The minimum Gasteiger partial charge on any atom is -0.261 e. The Morgan fingerprint density at radius 2 is 1.24 bits per heavy atom. The van der Waals surface area contributed by atoms with Gasteiger partial charge in [0.2, 0.25) is 0 Å². The van der Waals surface area contributed by atoms with Gasteiger partial charge in [-0.25, -0.2) is 20.0 Å². The van der Waals surface area contributed by atoms with Gasteiger partial charge in [-0.3, -0.25) is 4.99 Å². The van der Waals surface area contributed by atoms with Crippen molar-refractivity contribution in [2.45, 2.75) is 11.4 Å². The second-order valence-electron chi connectivity index (χ2n) is 13.7. The largest absolute Gasteiger partial charge is 0.261 e. The fourth-order valence-corrected chi connectivity index (χ4v) is 8.93. The van der Waals surface area contributed by atoms with E-state index in [1.807, 2.05) is 48.5 Å². The van der Waals surface area contributed by atoms with Gasteiger partial charge in [-0.15, -0.1) is 23.1 Å². The van der Waals surface area contributed by atoms with Crippen LogP contribution in [0.15, 0.2) is 202 Å². The van der Waals surface area contributed by atoms with Crippen molar-refractivity contribution in [2.24, 2.45) is 15.0 Å². The van der Waals surface area contributed by atoms with E-state index in [0.29, 0.717) is 24.0 Å². The number of benzene rings is 7. The van der Waals surface area contributed by atoms with Gasteiger partial charge in [0.15, 0.2) is 17.5 Å². The van der Waals surface area contributed by atoms with Crippen molar-refractivity contribution < 1.29 is 0 Å². The summed E-state index contributed by atoms with van der Waals surface area (Å²) in [5, 5.41) is 1.14. The second kappa shape index (κ2) is 16.7. The predicted octanol–water partition coefficient (Wildman–Crippen LogP) is 13.3. The molecule has 278 valence electrons. The van der Waals surface area contributed by atoms with Crippen LogP contribution in [0.3, 0.4) is 0 Å². The van der Waals surface area contributed by atoms with Crippen molar-refractivity contribution >= 4 is 61.8 Å². The standard InChI is InChI=1S/C51H37N5S2/c1-52-49(38-20-10-5-11-21-38)56-51(53-33-34-26-28-36(29-27-34)35-16-6-3-7-17-35)42-23-13-12-22-40(42)41-31-30-39(32-45(41)57-2)50-54-46(37-18-8-4-9-19-37)48-47(55-50)43-24-14-15-25-44(43)58-48/h3-32H,1,33H2,2H3. The minimum atomic E-state index is 0.441. The molecule has 0 radical (unpaired) electrons. The summed E-state index contributed by atoms with van der Waals surface area (Å²) in [6.07, 6.45) is 2.11. The molecule has 0 aliphatic heterocycles. The summed E-state index contributed by atoms with van der Waals surface area (Å²) in [4.78, 5) is 26.2. The van der Waals surface area contributed by atoms with Crippen LogP contribution < -0.4 is 0 Å². The summed E-state index contributed by atoms with van der Waals surface area (Å²) in [5.41, 5.74) is 11.2. The van der Waals surface area contributed by atoms with E-state index in [9.17, 15) is 0 Å². The highest BCUT2D eigenvalue weighted by Gasteiger charge is 2.19. The van der Waals surface area contributed by atoms with E-state index in [1.54, 1.807) is 23.1 Å². The first-order chi connectivity index (χ1) is 28.7. The molecule has 0 amide bonds. The summed E-state index contributed by atoms with van der Waals surface area (Å²) >= 11 is 3.44. The van der Waals surface area contributed by atoms with Crippen molar-refractivity contribution in [1.82, 2.24) is 9.97 Å². The summed E-state index contributed by atoms with van der Waals surface area (Å²) < 4.78 is 2.29. The summed E-state index contributed by atoms with van der Waals surface area (Å²) in [7, 11) is 0. The van der Waals surface area contributed by atoms with Gasteiger partial charge in [-0.05, 0) is 52.9 Å². The molecule has 2 aromatic heterocycles. The number of rotatable bonds is 9. The van der Waals surface area contributed by atoms with Gasteiger partial charge >= 0.3 is 0 Å². The third-order valence-corrected chi connectivity index (χ3v) is 12.0. The van der Waals surface area contributed by atoms with Crippen LogP contribution in [0, 0.1) is 0 Å². The first-order valence-electron chi connectivity index (χ1n) is 19.0. The molecule has 0 atom stereocenters. The lowest BCUT2D eigenvalue weighted by atomic mass is 9.97. The molecule has 0 saturated heterocycles. The lowest BCUT2D eigenvalue weighted by Gasteiger charge is -2.15. The quantitative estimate of drug-likeness (QED) is 0.0832. The molecule has 5 nitrogen and oxygen atoms in total. The molecule has 2 heterocycles. The van der Waals surface area contributed by atoms with Gasteiger partial charge in [0.05, 0.1) is 22.5 Å². The molecule has 9 rings (SSSR count). The second-order valence-corrected chi connectivity index (χ2v) is 15.6. The highest BCUT2D eigenvalue weighted by atomic mass is 32.2. The maximum absolute atomic E-state index is 5.24. The SMILES string of the molecule is C=NC(=NC(=NCc1ccc(-c2ccccc2)cc1)c1ccccc1-c1ccc(-c2nc(-c3ccccc3)c3sc4ccccc4c3n2)cc1SC)c1ccccc1. The normalized spacial score (nSPS) is 11.9. The highest BCUT2D eigenvalue weighted by molar-refractivity contribution is 7.98. The van der Waals surface area contributed by atoms with Gasteiger partial charge in [0.25, 0.3) is 0 Å². The number of thioether (sulfide) groups is 1. The third kappa shape index (κ3) is 7.53. The van der Waals surface area contributed by atoms with Gasteiger partial charge in [0.1, 0.15) is 0 Å². The van der Waals surface area contributed by atoms with Crippen LogP contribution in [0.1, 0.15) is 16.7 Å². The minimum absolute atomic E-state index is 0.441. The molecule has 0 fully saturated rings. The monoisotopic (exact) mass is 783 g/mol. The summed E-state index contributed by atoms with van der Waals surface area (Å²) in [5.74, 6) is 1.78. The maximum Gasteiger partial charge on any atom is 0.161 e. The lowest BCUT2D eigenvalue weighted by Crippen LogP contribution is -2.07. The van der Waals surface area contributed by atoms with Crippen molar-refractivity contribution in [2.75, 3.05) is 6.26 Å². The number of aromatic nitrogens is 2. The van der Waals surface area contributed by atoms with E-state index in [-0.39, 0.29) is 0 Å². The predicted molar refractivity (Wildman–Crippen MR) is 248 cm³/mol. The highest BCUT2D eigenvalue weighted by Crippen LogP contribution is 2.41. The number of hydrogen-bond acceptors (Lipinski definition) is 5. The number of amidine groups is 2. The van der Waals surface area contributed by atoms with E-state index >= 15 is 0 Å². The Morgan fingerprint density at radius 3 is 1.98 bits per heavy atom. The number of nitrogens with zero attached hydrogens (tertiary/aromatic N) is 5. The molecule has 0 spiro atoms. The first kappa shape index (κ1) is 36.8. The molecule has 0 unspecified atom stereocenters. The lowest BCUT2D eigenvalue weighted by molar-refractivity contribution is 1.06. The average Bonchev–Trinajstić information content (AvgIpc) is 3.68. The molecule has 9 aromatic rings. The molecule has 7 heteroatoms. The van der Waals surface area contributed by atoms with Crippen LogP contribution in [0.25, 0.3) is 65.2 Å². The molecule has 58 heavy (non-hydrogen) atoms. The topological polar surface area (TPSA) is 62.9 Å². The Kier molecular flexibility index (Phi) is 10.6. The Bertz CT molecular complexity index is 2960. The third-order valence-electron chi connectivity index (χ3n) is 10.1. The average molecular weight is 784 g/mol. The molecular formula is C51H37N5S2. The first-order valence-corrected chi connectivity index (χ1v) is 21.0. The Balaban J connectivity index is 1.14. The van der Waals surface area contributed by atoms with E-state index in [0.717, 1.165) is 70.7 Å². The maximum atomic E-state index is 5.24. The van der Waals surface area contributed by atoms with Crippen LogP contribution in [0.5, 0.6) is 0 Å². The van der Waals surface area contributed by atoms with Gasteiger partial charge in [-0.2, -0.15) is 0 Å². The van der Waals surface area contributed by atoms with Crippen LogP contribution in [-0.4, -0.2) is 34.6 Å². The van der Waals surface area contributed by atoms with E-state index in [1.165, 1.54) is 10.3 Å². The van der Waals surface area contributed by atoms with E-state index < -0.39 is 0 Å². The molecule has 0 aliphatic rings. The van der Waals surface area contributed by atoms with Crippen molar-refractivity contribution in [3.63, 3.8) is 0 Å². The molecule has 0 aliphatic carbocycles. The Labute approximate surface area is 346 Å². The number of aliphatic imine (C=N–C) groups is 3. The molecule has 7 aromatic carbocycles. The zero-order valence-electron chi connectivity index (χ0n) is 31.8. The summed E-state index contributed by atoms with van der Waals surface area (Å²) in [6.45, 7) is 4.34. The zero-order valence-corrected chi connectivity index (χ0v) is 33.4. The number of fused-ring (bicyclic) bond motifs is 3. The summed E-state index contributed by atoms with van der Waals surface area (Å²) in [6, 6.07) is 62.6. The smallest absolute Gasteiger partial charge is 0.161 e. The fourth-order valence-electron chi connectivity index (χ4n) is 7.14. The Morgan fingerprint density at radius 1 is 0.603 bits per heavy atom. The number of hydrogen-bond donors (Lipinski definition) is 0. The van der Waals surface area contributed by atoms with Crippen molar-refractivity contribution in [1.29, 1.82) is 0 Å². The van der Waals surface area contributed by atoms with Crippen LogP contribution >= 0.6 is 23.1 Å². The van der Waals surface area contributed by atoms with Gasteiger partial charge < -0.3 is 0 Å². The molecular weight excluding hydrogens is 747 g/mol. The van der Waals surface area contributed by atoms with E-state index in [4.69, 9.17) is 20.0 Å². The zero-order chi connectivity index (χ0) is 39.3. The molecule has 0 N–H and O–H groups in total. The van der Waals surface area contributed by atoms with Crippen LogP contribution in [0.2, 0.25) is 0 Å². The van der Waals surface area contributed by atoms with Crippen molar-refractivity contribution in [3.8, 4) is 44.9 Å². The Hall–Kier alpha value is -6.80. The van der Waals surface area contributed by atoms with E-state index in [2.05, 4.69) is 151 Å². The van der Waals surface area contributed by atoms with Crippen molar-refractivity contribution in [3.05, 3.63) is 199 Å². The number of thiophene rings is 1. The van der Waals surface area contributed by atoms with Gasteiger partial charge in [-0.1, -0.05) is 170 Å². The molecule has 0 bridgehead atoms. The van der Waals surface area contributed by atoms with Gasteiger partial charge in [0, 0.05) is 37.2 Å².